The normalized spacial score (nSPS) is 16.4. The lowest BCUT2D eigenvalue weighted by atomic mass is 9.97. The first kappa shape index (κ1) is 21.0. The van der Waals surface area contributed by atoms with E-state index in [2.05, 4.69) is 41.4 Å². The van der Waals surface area contributed by atoms with Crippen LogP contribution in [0.15, 0.2) is 54.7 Å². The van der Waals surface area contributed by atoms with E-state index in [1.165, 1.54) is 5.56 Å². The molecule has 32 heavy (non-hydrogen) atoms. The summed E-state index contributed by atoms with van der Waals surface area (Å²) in [4.78, 5) is 20.6. The average molecular weight is 466 g/mol. The lowest BCUT2D eigenvalue weighted by Gasteiger charge is -2.31. The van der Waals surface area contributed by atoms with Crippen LogP contribution in [0, 0.1) is 12.8 Å². The van der Waals surface area contributed by atoms with Crippen molar-refractivity contribution in [3.05, 3.63) is 70.9 Å². The number of fused-ring (bicyclic) bond motifs is 1. The number of aromatic nitrogens is 3. The van der Waals surface area contributed by atoms with Gasteiger partial charge in [-0.3, -0.25) is 4.79 Å². The number of nitrogens with one attached hydrogen (secondary N) is 1. The van der Waals surface area contributed by atoms with Gasteiger partial charge in [0.1, 0.15) is 0 Å². The van der Waals surface area contributed by atoms with Gasteiger partial charge in [-0.2, -0.15) is 0 Å². The Bertz CT molecular complexity index is 1200. The lowest BCUT2D eigenvalue weighted by molar-refractivity contribution is -0.125. The fraction of sp³-hybridized carbons (Fsp3) is 0.292. The van der Waals surface area contributed by atoms with Crippen molar-refractivity contribution in [3.8, 4) is 11.3 Å². The predicted octanol–water partition coefficient (Wildman–Crippen LogP) is 4.95. The Labute approximate surface area is 195 Å². The summed E-state index contributed by atoms with van der Waals surface area (Å²) in [6, 6.07) is 15.9. The highest BCUT2D eigenvalue weighted by atomic mass is 35.5. The summed E-state index contributed by atoms with van der Waals surface area (Å²) in [5.74, 6) is 0.0445. The third kappa shape index (κ3) is 4.49. The number of imidazole rings is 1. The molecule has 1 N–H and O–H groups in total. The number of hydrogen-bond acceptors (Lipinski definition) is 5. The van der Waals surface area contributed by atoms with Gasteiger partial charge in [0.25, 0.3) is 0 Å². The Morgan fingerprint density at radius 2 is 1.97 bits per heavy atom. The molecule has 0 unspecified atom stereocenters. The Morgan fingerprint density at radius 1 is 1.19 bits per heavy atom. The molecule has 6 nitrogen and oxygen atoms in total. The molecule has 0 saturated carbocycles. The molecule has 3 heterocycles. The number of hydrogen-bond donors (Lipinski definition) is 1. The number of piperidine rings is 1. The van der Waals surface area contributed by atoms with E-state index in [0.29, 0.717) is 18.1 Å². The van der Waals surface area contributed by atoms with Gasteiger partial charge < -0.3 is 10.2 Å². The van der Waals surface area contributed by atoms with Crippen LogP contribution in [-0.2, 0) is 11.3 Å². The molecule has 0 bridgehead atoms. The highest BCUT2D eigenvalue weighted by Gasteiger charge is 2.27. The molecule has 1 saturated heterocycles. The van der Waals surface area contributed by atoms with Gasteiger partial charge in [-0.05, 0) is 37.5 Å². The van der Waals surface area contributed by atoms with E-state index in [1.54, 1.807) is 11.3 Å². The first-order valence-corrected chi connectivity index (χ1v) is 11.9. The van der Waals surface area contributed by atoms with Crippen LogP contribution in [0.25, 0.3) is 16.2 Å². The van der Waals surface area contributed by atoms with Gasteiger partial charge in [0.2, 0.25) is 16.0 Å². The number of carbonyl (C=O) groups excluding carboxylic acids is 1. The molecule has 0 aliphatic carbocycles. The van der Waals surface area contributed by atoms with Gasteiger partial charge in [-0.1, -0.05) is 64.9 Å². The quantitative estimate of drug-likeness (QED) is 0.453. The summed E-state index contributed by atoms with van der Waals surface area (Å²) in [6.45, 7) is 4.17. The molecule has 1 atom stereocenters. The zero-order chi connectivity index (χ0) is 22.1. The van der Waals surface area contributed by atoms with Crippen molar-refractivity contribution in [1.82, 2.24) is 19.9 Å². The second-order valence-electron chi connectivity index (χ2n) is 8.23. The van der Waals surface area contributed by atoms with Crippen LogP contribution in [-0.4, -0.2) is 33.6 Å². The van der Waals surface area contributed by atoms with Crippen molar-refractivity contribution < 1.29 is 4.79 Å². The molecule has 164 valence electrons. The fourth-order valence-electron chi connectivity index (χ4n) is 3.98. The van der Waals surface area contributed by atoms with E-state index in [9.17, 15) is 4.79 Å². The van der Waals surface area contributed by atoms with Crippen molar-refractivity contribution >= 4 is 38.9 Å². The summed E-state index contributed by atoms with van der Waals surface area (Å²) < 4.78 is 1.85. The molecule has 0 spiro atoms. The molecule has 4 aromatic rings. The molecular weight excluding hydrogens is 442 g/mol. The van der Waals surface area contributed by atoms with Crippen LogP contribution in [0.4, 0.5) is 5.13 Å². The van der Waals surface area contributed by atoms with Crippen molar-refractivity contribution in [3.63, 3.8) is 0 Å². The molecule has 2 aromatic carbocycles. The number of halogens is 1. The fourth-order valence-corrected chi connectivity index (χ4v) is 5.03. The number of carbonyl (C=O) groups is 1. The first-order chi connectivity index (χ1) is 15.5. The average Bonchev–Trinajstić information content (AvgIpc) is 3.39. The molecule has 1 amide bonds. The van der Waals surface area contributed by atoms with Gasteiger partial charge in [0.15, 0.2) is 0 Å². The van der Waals surface area contributed by atoms with Crippen molar-refractivity contribution in [1.29, 1.82) is 0 Å². The molecule has 8 heteroatoms. The van der Waals surface area contributed by atoms with Gasteiger partial charge >= 0.3 is 0 Å². The minimum absolute atomic E-state index is 0.0459. The third-order valence-electron chi connectivity index (χ3n) is 5.82. The van der Waals surface area contributed by atoms with E-state index in [0.717, 1.165) is 46.3 Å². The third-order valence-corrected chi connectivity index (χ3v) is 7.06. The first-order valence-electron chi connectivity index (χ1n) is 10.8. The standard InChI is InChI=1S/C24H24ClN5OS/c1-16-4-8-18(9-5-16)21-15-30-23(27-21)32-24(28-30)29-12-2-3-19(14-29)22(31)26-13-17-6-10-20(25)11-7-17/h4-11,15,19H,2-3,12-14H2,1H3,(H,26,31)/t19-/m1/s1. The zero-order valence-corrected chi connectivity index (χ0v) is 19.4. The number of amides is 1. The minimum Gasteiger partial charge on any atom is -0.352 e. The molecule has 1 fully saturated rings. The summed E-state index contributed by atoms with van der Waals surface area (Å²) in [6.07, 6.45) is 3.83. The molecule has 1 aliphatic rings. The molecular formula is C24H24ClN5OS. The maximum atomic E-state index is 12.8. The second kappa shape index (κ2) is 8.92. The summed E-state index contributed by atoms with van der Waals surface area (Å²) in [7, 11) is 0. The van der Waals surface area contributed by atoms with Gasteiger partial charge in [0.05, 0.1) is 17.8 Å². The lowest BCUT2D eigenvalue weighted by Crippen LogP contribution is -2.43. The van der Waals surface area contributed by atoms with Crippen LogP contribution in [0.2, 0.25) is 5.02 Å². The van der Waals surface area contributed by atoms with Crippen LogP contribution >= 0.6 is 22.9 Å². The maximum absolute atomic E-state index is 12.8. The highest BCUT2D eigenvalue weighted by Crippen LogP contribution is 2.30. The SMILES string of the molecule is Cc1ccc(-c2cn3nc(N4CCC[C@@H](C(=O)NCc5ccc(Cl)cc5)C4)sc3n2)cc1. The molecule has 2 aromatic heterocycles. The van der Waals surface area contributed by atoms with Crippen LogP contribution in [0.3, 0.4) is 0 Å². The summed E-state index contributed by atoms with van der Waals surface area (Å²) in [5, 5.41) is 9.43. The Morgan fingerprint density at radius 3 is 2.72 bits per heavy atom. The van der Waals surface area contributed by atoms with Crippen LogP contribution in [0.1, 0.15) is 24.0 Å². The highest BCUT2D eigenvalue weighted by molar-refractivity contribution is 7.20. The topological polar surface area (TPSA) is 62.5 Å². The summed E-state index contributed by atoms with van der Waals surface area (Å²) >= 11 is 7.50. The van der Waals surface area contributed by atoms with E-state index in [4.69, 9.17) is 21.7 Å². The Hall–Kier alpha value is -2.90. The molecule has 1 aliphatic heterocycles. The van der Waals surface area contributed by atoms with Gasteiger partial charge in [-0.25, -0.2) is 9.50 Å². The van der Waals surface area contributed by atoms with Crippen LogP contribution in [0.5, 0.6) is 0 Å². The van der Waals surface area contributed by atoms with Gasteiger partial charge in [-0.15, -0.1) is 5.10 Å². The monoisotopic (exact) mass is 465 g/mol. The number of anilines is 1. The summed E-state index contributed by atoms with van der Waals surface area (Å²) in [5.41, 5.74) is 4.28. The maximum Gasteiger partial charge on any atom is 0.225 e. The van der Waals surface area contributed by atoms with Crippen molar-refractivity contribution in [2.45, 2.75) is 26.3 Å². The van der Waals surface area contributed by atoms with Crippen molar-refractivity contribution in [2.75, 3.05) is 18.0 Å². The molecule has 0 radical (unpaired) electrons. The van der Waals surface area contributed by atoms with E-state index in [-0.39, 0.29) is 11.8 Å². The number of rotatable bonds is 5. The van der Waals surface area contributed by atoms with E-state index < -0.39 is 0 Å². The van der Waals surface area contributed by atoms with Crippen molar-refractivity contribution in [2.24, 2.45) is 5.92 Å². The van der Waals surface area contributed by atoms with Gasteiger partial charge in [0, 0.05) is 30.2 Å². The van der Waals surface area contributed by atoms with E-state index in [1.807, 2.05) is 35.0 Å². The predicted molar refractivity (Wildman–Crippen MR) is 129 cm³/mol. The smallest absolute Gasteiger partial charge is 0.225 e. The Balaban J connectivity index is 1.24. The number of benzene rings is 2. The zero-order valence-electron chi connectivity index (χ0n) is 17.8. The number of aryl methyl sites for hydroxylation is 1. The largest absolute Gasteiger partial charge is 0.352 e. The molecule has 5 rings (SSSR count). The Kier molecular flexibility index (Phi) is 5.85. The number of nitrogens with zero attached hydrogens (tertiary/aromatic N) is 4. The second-order valence-corrected chi connectivity index (χ2v) is 9.60. The van der Waals surface area contributed by atoms with Crippen LogP contribution < -0.4 is 10.2 Å². The van der Waals surface area contributed by atoms with E-state index >= 15 is 0 Å². The minimum atomic E-state index is -0.0459.